The van der Waals surface area contributed by atoms with Gasteiger partial charge < -0.3 is 10.2 Å². The van der Waals surface area contributed by atoms with Crippen molar-refractivity contribution in [2.75, 3.05) is 19.6 Å². The smallest absolute Gasteiger partial charge is 0.325 e. The number of carbonyl (C=O) groups is 3. The van der Waals surface area contributed by atoms with Gasteiger partial charge in [0.2, 0.25) is 5.91 Å². The number of hydrogen-bond donors (Lipinski definition) is 1. The van der Waals surface area contributed by atoms with Crippen LogP contribution in [0.15, 0.2) is 42.5 Å². The summed E-state index contributed by atoms with van der Waals surface area (Å²) in [5.41, 5.74) is -0.437. The van der Waals surface area contributed by atoms with Gasteiger partial charge in [0.05, 0.1) is 0 Å². The van der Waals surface area contributed by atoms with Gasteiger partial charge in [-0.15, -0.1) is 0 Å². The second-order valence-electron chi connectivity index (χ2n) is 7.06. The van der Waals surface area contributed by atoms with E-state index in [0.717, 1.165) is 34.1 Å². The lowest BCUT2D eigenvalue weighted by Crippen LogP contribution is -2.44. The van der Waals surface area contributed by atoms with Crippen molar-refractivity contribution in [3.8, 4) is 0 Å². The Labute approximate surface area is 151 Å². The second-order valence-corrected chi connectivity index (χ2v) is 7.06. The Bertz CT molecular complexity index is 899. The Morgan fingerprint density at radius 1 is 1.08 bits per heavy atom. The molecule has 4 rings (SSSR count). The highest BCUT2D eigenvalue weighted by Gasteiger charge is 2.50. The summed E-state index contributed by atoms with van der Waals surface area (Å²) in [6, 6.07) is 12.9. The molecule has 4 amide bonds. The van der Waals surface area contributed by atoms with Crippen LogP contribution in [0.3, 0.4) is 0 Å². The molecule has 0 bridgehead atoms. The molecule has 1 atom stereocenters. The predicted octanol–water partition coefficient (Wildman–Crippen LogP) is 2.23. The largest absolute Gasteiger partial charge is 0.341 e. The van der Waals surface area contributed by atoms with Gasteiger partial charge in [-0.25, -0.2) is 4.79 Å². The van der Waals surface area contributed by atoms with Crippen LogP contribution in [0.2, 0.25) is 0 Å². The van der Waals surface area contributed by atoms with Crippen molar-refractivity contribution >= 4 is 28.6 Å². The van der Waals surface area contributed by atoms with Gasteiger partial charge in [-0.1, -0.05) is 42.5 Å². The van der Waals surface area contributed by atoms with Crippen molar-refractivity contribution in [3.05, 3.63) is 48.0 Å². The first-order valence-corrected chi connectivity index (χ1v) is 8.91. The van der Waals surface area contributed by atoms with E-state index in [1.165, 1.54) is 0 Å². The maximum atomic E-state index is 13.1. The molecular formula is C20H21N3O3. The Kier molecular flexibility index (Phi) is 3.90. The van der Waals surface area contributed by atoms with Gasteiger partial charge in [0.25, 0.3) is 5.91 Å². The number of urea groups is 1. The van der Waals surface area contributed by atoms with Crippen molar-refractivity contribution < 1.29 is 14.4 Å². The first-order chi connectivity index (χ1) is 12.5. The van der Waals surface area contributed by atoms with Crippen molar-refractivity contribution in [3.63, 3.8) is 0 Å². The number of imide groups is 1. The van der Waals surface area contributed by atoms with Crippen LogP contribution in [-0.2, 0) is 15.1 Å². The lowest BCUT2D eigenvalue weighted by molar-refractivity contribution is -0.138. The van der Waals surface area contributed by atoms with Gasteiger partial charge in [-0.05, 0) is 36.1 Å². The number of rotatable bonds is 3. The molecule has 2 heterocycles. The van der Waals surface area contributed by atoms with E-state index in [-0.39, 0.29) is 18.4 Å². The molecule has 2 saturated heterocycles. The quantitative estimate of drug-likeness (QED) is 0.862. The lowest BCUT2D eigenvalue weighted by Gasteiger charge is -2.24. The number of benzene rings is 2. The van der Waals surface area contributed by atoms with Gasteiger partial charge in [0, 0.05) is 13.1 Å². The maximum Gasteiger partial charge on any atom is 0.325 e. The Balaban J connectivity index is 1.66. The van der Waals surface area contributed by atoms with Crippen LogP contribution in [0.4, 0.5) is 4.79 Å². The highest BCUT2D eigenvalue weighted by Crippen LogP contribution is 2.33. The van der Waals surface area contributed by atoms with Crippen LogP contribution >= 0.6 is 0 Å². The summed E-state index contributed by atoms with van der Waals surface area (Å²) in [6.45, 7) is 2.90. The van der Waals surface area contributed by atoms with Crippen LogP contribution in [0.25, 0.3) is 10.8 Å². The summed E-state index contributed by atoms with van der Waals surface area (Å²) < 4.78 is 0. The number of fused-ring (bicyclic) bond motifs is 1. The fraction of sp³-hybridized carbons (Fsp3) is 0.350. The number of hydrogen-bond acceptors (Lipinski definition) is 3. The summed E-state index contributed by atoms with van der Waals surface area (Å²) in [5.74, 6) is -0.556. The van der Waals surface area contributed by atoms with Crippen LogP contribution in [0.1, 0.15) is 25.3 Å². The summed E-state index contributed by atoms with van der Waals surface area (Å²) in [5, 5.41) is 4.72. The molecule has 2 aromatic carbocycles. The van der Waals surface area contributed by atoms with E-state index in [9.17, 15) is 14.4 Å². The van der Waals surface area contributed by atoms with E-state index in [1.54, 1.807) is 11.8 Å². The average Bonchev–Trinajstić information content (AvgIpc) is 3.25. The average molecular weight is 351 g/mol. The molecule has 0 radical (unpaired) electrons. The fourth-order valence-electron chi connectivity index (χ4n) is 3.89. The second kappa shape index (κ2) is 6.12. The molecule has 0 saturated carbocycles. The Hall–Kier alpha value is -2.89. The Morgan fingerprint density at radius 3 is 2.54 bits per heavy atom. The molecule has 6 nitrogen and oxygen atoms in total. The minimum Gasteiger partial charge on any atom is -0.341 e. The van der Waals surface area contributed by atoms with Crippen LogP contribution in [0.5, 0.6) is 0 Å². The van der Waals surface area contributed by atoms with Crippen molar-refractivity contribution in [1.29, 1.82) is 0 Å². The number of nitrogens with zero attached hydrogens (tertiary/aromatic N) is 2. The molecule has 26 heavy (non-hydrogen) atoms. The monoisotopic (exact) mass is 351 g/mol. The van der Waals surface area contributed by atoms with Crippen LogP contribution < -0.4 is 5.32 Å². The number of likely N-dealkylation sites (tertiary alicyclic amines) is 1. The molecule has 134 valence electrons. The fourth-order valence-corrected chi connectivity index (χ4v) is 3.89. The molecule has 2 fully saturated rings. The first-order valence-electron chi connectivity index (χ1n) is 8.91. The Morgan fingerprint density at radius 2 is 1.77 bits per heavy atom. The molecule has 1 N–H and O–H groups in total. The van der Waals surface area contributed by atoms with Gasteiger partial charge in [-0.3, -0.25) is 14.5 Å². The molecule has 0 aliphatic carbocycles. The minimum absolute atomic E-state index is 0.173. The zero-order valence-corrected chi connectivity index (χ0v) is 14.7. The summed E-state index contributed by atoms with van der Waals surface area (Å²) in [4.78, 5) is 40.8. The SMILES string of the molecule is C[C@@]1(c2cccc3ccccc23)NC(=O)N(CC(=O)N2CCCC2)C1=O. The highest BCUT2D eigenvalue weighted by atomic mass is 16.2. The number of nitrogens with one attached hydrogen (secondary N) is 1. The molecule has 0 spiro atoms. The molecule has 2 aliphatic heterocycles. The predicted molar refractivity (Wildman–Crippen MR) is 97.4 cm³/mol. The molecule has 6 heteroatoms. The van der Waals surface area contributed by atoms with E-state index >= 15 is 0 Å². The van der Waals surface area contributed by atoms with E-state index in [4.69, 9.17) is 0 Å². The molecule has 0 unspecified atom stereocenters. The summed E-state index contributed by atoms with van der Waals surface area (Å²) in [6.07, 6.45) is 1.94. The number of carbonyl (C=O) groups excluding carboxylic acids is 3. The first kappa shape index (κ1) is 16.6. The molecule has 2 aliphatic rings. The van der Waals surface area contributed by atoms with E-state index in [1.807, 2.05) is 42.5 Å². The minimum atomic E-state index is -1.18. The molecule has 0 aromatic heterocycles. The van der Waals surface area contributed by atoms with Crippen LogP contribution in [0, 0.1) is 0 Å². The summed E-state index contributed by atoms with van der Waals surface area (Å²) >= 11 is 0. The third-order valence-corrected chi connectivity index (χ3v) is 5.36. The number of amides is 4. The summed E-state index contributed by atoms with van der Waals surface area (Å²) in [7, 11) is 0. The third kappa shape index (κ3) is 2.53. The molecular weight excluding hydrogens is 330 g/mol. The molecule has 2 aromatic rings. The van der Waals surface area contributed by atoms with Gasteiger partial charge in [0.15, 0.2) is 0 Å². The third-order valence-electron chi connectivity index (χ3n) is 5.36. The topological polar surface area (TPSA) is 69.7 Å². The highest BCUT2D eigenvalue weighted by molar-refractivity contribution is 6.10. The van der Waals surface area contributed by atoms with Gasteiger partial charge in [0.1, 0.15) is 12.1 Å². The standard InChI is InChI=1S/C20H21N3O3/c1-20(16-10-6-8-14-7-2-3-9-15(14)16)18(25)23(19(26)21-20)13-17(24)22-11-4-5-12-22/h2-3,6-10H,4-5,11-13H2,1H3,(H,21,26)/t20-/m0/s1. The van der Waals surface area contributed by atoms with Crippen molar-refractivity contribution in [2.45, 2.75) is 25.3 Å². The van der Waals surface area contributed by atoms with Gasteiger partial charge in [-0.2, -0.15) is 0 Å². The van der Waals surface area contributed by atoms with E-state index in [0.29, 0.717) is 13.1 Å². The van der Waals surface area contributed by atoms with Gasteiger partial charge >= 0.3 is 6.03 Å². The maximum absolute atomic E-state index is 13.1. The van der Waals surface area contributed by atoms with Crippen LogP contribution in [-0.4, -0.2) is 47.3 Å². The lowest BCUT2D eigenvalue weighted by atomic mass is 9.88. The van der Waals surface area contributed by atoms with E-state index in [2.05, 4.69) is 5.32 Å². The van der Waals surface area contributed by atoms with Crippen molar-refractivity contribution in [2.24, 2.45) is 0 Å². The normalized spacial score (nSPS) is 23.0. The zero-order valence-electron chi connectivity index (χ0n) is 14.7. The zero-order chi connectivity index (χ0) is 18.3. The van der Waals surface area contributed by atoms with E-state index < -0.39 is 11.6 Å². The van der Waals surface area contributed by atoms with Crippen molar-refractivity contribution in [1.82, 2.24) is 15.1 Å².